The summed E-state index contributed by atoms with van der Waals surface area (Å²) in [5, 5.41) is 2.85. The van der Waals surface area contributed by atoms with Gasteiger partial charge in [0.2, 0.25) is 0 Å². The average molecular weight is 556 g/mol. The zero-order chi connectivity index (χ0) is 24.9. The normalized spacial score (nSPS) is 14.8. The van der Waals surface area contributed by atoms with Gasteiger partial charge in [-0.15, -0.1) is 0 Å². The highest BCUT2D eigenvalue weighted by atomic mass is 79.9. The smallest absolute Gasteiger partial charge is 0.335 e. The van der Waals surface area contributed by atoms with Gasteiger partial charge >= 0.3 is 6.03 Å². The third-order valence-corrected chi connectivity index (χ3v) is 5.83. The SMILES string of the molecule is CCOc1ccc(N2C(=O)NC(=O)/C(=C\c3cc(Br)ccc3OCc3ccc(Cl)cc3)C2=O)cc1. The predicted octanol–water partition coefficient (Wildman–Crippen LogP) is 5.75. The lowest BCUT2D eigenvalue weighted by Gasteiger charge is -2.26. The molecule has 35 heavy (non-hydrogen) atoms. The van der Waals surface area contributed by atoms with Gasteiger partial charge in [0.15, 0.2) is 0 Å². The van der Waals surface area contributed by atoms with Gasteiger partial charge in [-0.25, -0.2) is 9.69 Å². The largest absolute Gasteiger partial charge is 0.494 e. The minimum Gasteiger partial charge on any atom is -0.494 e. The molecular weight excluding hydrogens is 536 g/mol. The molecule has 1 aliphatic rings. The first-order valence-corrected chi connectivity index (χ1v) is 11.8. The fraction of sp³-hybridized carbons (Fsp3) is 0.115. The number of hydrogen-bond donors (Lipinski definition) is 1. The number of rotatable bonds is 7. The van der Waals surface area contributed by atoms with Crippen molar-refractivity contribution in [3.8, 4) is 11.5 Å². The van der Waals surface area contributed by atoms with Gasteiger partial charge in [-0.3, -0.25) is 14.9 Å². The Morgan fingerprint density at radius 3 is 2.37 bits per heavy atom. The molecule has 1 N–H and O–H groups in total. The number of carbonyl (C=O) groups excluding carboxylic acids is 3. The molecule has 0 aliphatic carbocycles. The summed E-state index contributed by atoms with van der Waals surface area (Å²) >= 11 is 9.35. The predicted molar refractivity (Wildman–Crippen MR) is 137 cm³/mol. The molecule has 1 saturated heterocycles. The van der Waals surface area contributed by atoms with Gasteiger partial charge in [0.05, 0.1) is 12.3 Å². The molecule has 3 aromatic carbocycles. The van der Waals surface area contributed by atoms with Crippen molar-refractivity contribution >= 4 is 57.1 Å². The lowest BCUT2D eigenvalue weighted by atomic mass is 10.1. The van der Waals surface area contributed by atoms with Crippen LogP contribution in [0.3, 0.4) is 0 Å². The van der Waals surface area contributed by atoms with Crippen molar-refractivity contribution in [1.29, 1.82) is 0 Å². The van der Waals surface area contributed by atoms with Crippen LogP contribution in [0, 0.1) is 0 Å². The van der Waals surface area contributed by atoms with Gasteiger partial charge in [-0.05, 0) is 73.2 Å². The van der Waals surface area contributed by atoms with E-state index in [9.17, 15) is 14.4 Å². The molecule has 1 fully saturated rings. The van der Waals surface area contributed by atoms with Crippen molar-refractivity contribution in [2.75, 3.05) is 11.5 Å². The molecule has 4 amide bonds. The van der Waals surface area contributed by atoms with E-state index in [1.165, 1.54) is 6.08 Å². The van der Waals surface area contributed by atoms with E-state index < -0.39 is 17.8 Å². The van der Waals surface area contributed by atoms with E-state index in [0.29, 0.717) is 34.4 Å². The number of nitrogens with zero attached hydrogens (tertiary/aromatic N) is 1. The van der Waals surface area contributed by atoms with Crippen LogP contribution in [0.1, 0.15) is 18.1 Å². The molecule has 0 aromatic heterocycles. The number of anilines is 1. The Kier molecular flexibility index (Phi) is 7.53. The molecular formula is C26H20BrClN2O5. The summed E-state index contributed by atoms with van der Waals surface area (Å²) in [6.45, 7) is 2.60. The second kappa shape index (κ2) is 10.8. The topological polar surface area (TPSA) is 84.9 Å². The number of amides is 4. The van der Waals surface area contributed by atoms with E-state index >= 15 is 0 Å². The van der Waals surface area contributed by atoms with Crippen molar-refractivity contribution < 1.29 is 23.9 Å². The van der Waals surface area contributed by atoms with Crippen LogP contribution in [0.5, 0.6) is 11.5 Å². The van der Waals surface area contributed by atoms with Crippen molar-refractivity contribution in [3.05, 3.63) is 92.9 Å². The van der Waals surface area contributed by atoms with Gasteiger partial charge in [0.1, 0.15) is 23.7 Å². The van der Waals surface area contributed by atoms with Crippen LogP contribution in [0.4, 0.5) is 10.5 Å². The fourth-order valence-corrected chi connectivity index (χ4v) is 3.92. The number of halogens is 2. The van der Waals surface area contributed by atoms with Crippen molar-refractivity contribution in [2.24, 2.45) is 0 Å². The Balaban J connectivity index is 1.63. The lowest BCUT2D eigenvalue weighted by Crippen LogP contribution is -2.54. The molecule has 0 atom stereocenters. The molecule has 0 spiro atoms. The maximum absolute atomic E-state index is 13.2. The minimum absolute atomic E-state index is 0.201. The van der Waals surface area contributed by atoms with E-state index in [4.69, 9.17) is 21.1 Å². The molecule has 3 aromatic rings. The van der Waals surface area contributed by atoms with Crippen molar-refractivity contribution in [2.45, 2.75) is 13.5 Å². The summed E-state index contributed by atoms with van der Waals surface area (Å²) in [6, 6.07) is 18.1. The monoisotopic (exact) mass is 554 g/mol. The lowest BCUT2D eigenvalue weighted by molar-refractivity contribution is -0.122. The van der Waals surface area contributed by atoms with Gasteiger partial charge in [0, 0.05) is 15.1 Å². The molecule has 1 aliphatic heterocycles. The van der Waals surface area contributed by atoms with Crippen molar-refractivity contribution in [1.82, 2.24) is 5.32 Å². The molecule has 9 heteroatoms. The van der Waals surface area contributed by atoms with Crippen molar-refractivity contribution in [3.63, 3.8) is 0 Å². The van der Waals surface area contributed by atoms with Crippen LogP contribution in [-0.4, -0.2) is 24.5 Å². The number of hydrogen-bond acceptors (Lipinski definition) is 5. The Morgan fingerprint density at radius 2 is 1.69 bits per heavy atom. The number of nitrogens with one attached hydrogen (secondary N) is 1. The standard InChI is InChI=1S/C26H20BrClN2O5/c1-2-34-21-10-8-20(9-11-21)30-25(32)22(24(31)29-26(30)33)14-17-13-18(27)5-12-23(17)35-15-16-3-6-19(28)7-4-16/h3-14H,2,15H2,1H3,(H,29,31,33)/b22-14+. The maximum atomic E-state index is 13.2. The van der Waals surface area contributed by atoms with Crippen LogP contribution < -0.4 is 19.7 Å². The molecule has 0 saturated carbocycles. The van der Waals surface area contributed by atoms with E-state index in [2.05, 4.69) is 21.2 Å². The molecule has 178 valence electrons. The summed E-state index contributed by atoms with van der Waals surface area (Å²) in [5.74, 6) is -0.470. The Hall–Kier alpha value is -3.62. The highest BCUT2D eigenvalue weighted by molar-refractivity contribution is 9.10. The maximum Gasteiger partial charge on any atom is 0.335 e. The molecule has 1 heterocycles. The molecule has 7 nitrogen and oxygen atoms in total. The molecule has 0 bridgehead atoms. The summed E-state index contributed by atoms with van der Waals surface area (Å²) in [7, 11) is 0. The zero-order valence-electron chi connectivity index (χ0n) is 18.6. The highest BCUT2D eigenvalue weighted by Gasteiger charge is 2.37. The number of imide groups is 2. The van der Waals surface area contributed by atoms with Crippen LogP contribution in [0.15, 0.2) is 76.8 Å². The molecule has 4 rings (SSSR count). The summed E-state index contributed by atoms with van der Waals surface area (Å²) in [6.07, 6.45) is 1.41. The van der Waals surface area contributed by atoms with Gasteiger partial charge in [-0.1, -0.05) is 39.7 Å². The number of benzene rings is 3. The second-order valence-electron chi connectivity index (χ2n) is 7.48. The first kappa shape index (κ1) is 24.5. The van der Waals surface area contributed by atoms with Gasteiger partial charge < -0.3 is 9.47 Å². The summed E-state index contributed by atoms with van der Waals surface area (Å²) < 4.78 is 12.1. The third kappa shape index (κ3) is 5.72. The number of urea groups is 1. The number of ether oxygens (including phenoxy) is 2. The average Bonchev–Trinajstić information content (AvgIpc) is 2.83. The van der Waals surface area contributed by atoms with Crippen LogP contribution in [-0.2, 0) is 16.2 Å². The van der Waals surface area contributed by atoms with Gasteiger partial charge in [-0.2, -0.15) is 0 Å². The van der Waals surface area contributed by atoms with Crippen LogP contribution >= 0.6 is 27.5 Å². The summed E-state index contributed by atoms with van der Waals surface area (Å²) in [5.41, 5.74) is 1.50. The summed E-state index contributed by atoms with van der Waals surface area (Å²) in [4.78, 5) is 39.3. The zero-order valence-corrected chi connectivity index (χ0v) is 20.9. The Bertz CT molecular complexity index is 1310. The molecule has 0 radical (unpaired) electrons. The van der Waals surface area contributed by atoms with E-state index in [0.717, 1.165) is 14.9 Å². The van der Waals surface area contributed by atoms with E-state index in [1.54, 1.807) is 54.6 Å². The van der Waals surface area contributed by atoms with E-state index in [1.807, 2.05) is 19.1 Å². The second-order valence-corrected chi connectivity index (χ2v) is 8.83. The minimum atomic E-state index is -0.824. The quantitative estimate of drug-likeness (QED) is 0.297. The number of carbonyl (C=O) groups is 3. The Labute approximate surface area is 215 Å². The first-order chi connectivity index (χ1) is 16.9. The Morgan fingerprint density at radius 1 is 0.971 bits per heavy atom. The fourth-order valence-electron chi connectivity index (χ4n) is 3.41. The van der Waals surface area contributed by atoms with Crippen LogP contribution in [0.2, 0.25) is 5.02 Å². The highest BCUT2D eigenvalue weighted by Crippen LogP contribution is 2.29. The molecule has 0 unspecified atom stereocenters. The third-order valence-electron chi connectivity index (χ3n) is 5.09. The first-order valence-electron chi connectivity index (χ1n) is 10.7. The van der Waals surface area contributed by atoms with E-state index in [-0.39, 0.29) is 12.2 Å². The van der Waals surface area contributed by atoms with Gasteiger partial charge in [0.25, 0.3) is 11.8 Å². The van der Waals surface area contributed by atoms with Crippen LogP contribution in [0.25, 0.3) is 6.08 Å². The number of barbiturate groups is 1.